The number of rotatable bonds is 7. The summed E-state index contributed by atoms with van der Waals surface area (Å²) in [4.78, 5) is 47.2. The second-order valence-electron chi connectivity index (χ2n) is 9.99. The van der Waals surface area contributed by atoms with E-state index < -0.39 is 16.9 Å². The number of nitro groups is 1. The molecule has 0 saturated carbocycles. The lowest BCUT2D eigenvalue weighted by Gasteiger charge is -2.30. The average Bonchev–Trinajstić information content (AvgIpc) is 3.65. The molecule has 0 amide bonds. The zero-order valence-electron chi connectivity index (χ0n) is 22.9. The minimum Gasteiger partial charge on any atom is -0.463 e. The molecule has 42 heavy (non-hydrogen) atoms. The van der Waals surface area contributed by atoms with E-state index in [1.54, 1.807) is 23.6 Å². The van der Waals surface area contributed by atoms with E-state index in [0.717, 1.165) is 48.5 Å². The van der Waals surface area contributed by atoms with Crippen LogP contribution in [0.3, 0.4) is 0 Å². The van der Waals surface area contributed by atoms with Crippen molar-refractivity contribution in [3.05, 3.63) is 117 Å². The maximum atomic E-state index is 14.2. The number of piperidine rings is 1. The highest BCUT2D eigenvalue weighted by molar-refractivity contribution is 7.10. The van der Waals surface area contributed by atoms with Crippen LogP contribution in [0.15, 0.2) is 81.4 Å². The van der Waals surface area contributed by atoms with E-state index in [1.807, 2.05) is 47.8 Å². The van der Waals surface area contributed by atoms with Gasteiger partial charge in [0.1, 0.15) is 6.04 Å². The third kappa shape index (κ3) is 5.21. The normalized spacial score (nSPS) is 17.1. The van der Waals surface area contributed by atoms with E-state index in [9.17, 15) is 19.7 Å². The van der Waals surface area contributed by atoms with Crippen molar-refractivity contribution in [3.63, 3.8) is 0 Å². The number of thiazole rings is 1. The molecule has 11 heteroatoms. The Morgan fingerprint density at radius 3 is 2.60 bits per heavy atom. The Hall–Kier alpha value is -4.35. The molecule has 2 aliphatic rings. The zero-order chi connectivity index (χ0) is 29.2. The standard InChI is InChI=1S/C31H28N4O5S2/c1-2-40-30(37)26-27(20-10-5-3-6-11-20)32-31-34(28(26)24-12-9-17-41-24)29(36)25(42-31)19-21-18-22(35(38)39)13-14-23(21)33-15-7-4-8-16-33/h3,5-6,9-14,17-19,28H,2,4,7-8,15-16H2,1H3/b25-19+. The van der Waals surface area contributed by atoms with E-state index in [4.69, 9.17) is 9.73 Å². The molecule has 0 N–H and O–H groups in total. The van der Waals surface area contributed by atoms with Crippen LogP contribution in [-0.4, -0.2) is 35.2 Å². The van der Waals surface area contributed by atoms with Gasteiger partial charge in [-0.25, -0.2) is 9.79 Å². The van der Waals surface area contributed by atoms with Crippen LogP contribution in [0.1, 0.15) is 48.2 Å². The average molecular weight is 601 g/mol. The predicted molar refractivity (Wildman–Crippen MR) is 165 cm³/mol. The molecule has 0 radical (unpaired) electrons. The second kappa shape index (κ2) is 11.9. The molecule has 9 nitrogen and oxygen atoms in total. The summed E-state index contributed by atoms with van der Waals surface area (Å²) in [6, 6.07) is 17.3. The lowest BCUT2D eigenvalue weighted by atomic mass is 9.97. The van der Waals surface area contributed by atoms with Crippen molar-refractivity contribution in [2.45, 2.75) is 32.2 Å². The first-order valence-electron chi connectivity index (χ1n) is 13.8. The fourth-order valence-corrected chi connectivity index (χ4v) is 7.31. The SMILES string of the molecule is CCOC(=O)C1=C(c2ccccc2)N=c2s/c(=C/c3cc([N+](=O)[O-])ccc3N3CCCCC3)c(=O)n2C1c1cccs1. The monoisotopic (exact) mass is 600 g/mol. The number of benzene rings is 2. The van der Waals surface area contributed by atoms with Gasteiger partial charge in [0, 0.05) is 46.9 Å². The number of hydrogen-bond acceptors (Lipinski definition) is 9. The molecular weight excluding hydrogens is 572 g/mol. The van der Waals surface area contributed by atoms with Crippen LogP contribution in [0.5, 0.6) is 0 Å². The van der Waals surface area contributed by atoms with Gasteiger partial charge in [0.2, 0.25) is 0 Å². The summed E-state index contributed by atoms with van der Waals surface area (Å²) in [5, 5.41) is 13.6. The highest BCUT2D eigenvalue weighted by atomic mass is 32.1. The molecule has 2 aromatic heterocycles. The first kappa shape index (κ1) is 27.8. The van der Waals surface area contributed by atoms with Crippen LogP contribution in [-0.2, 0) is 9.53 Å². The third-order valence-corrected chi connectivity index (χ3v) is 9.30. The maximum absolute atomic E-state index is 14.2. The van der Waals surface area contributed by atoms with E-state index >= 15 is 0 Å². The first-order valence-corrected chi connectivity index (χ1v) is 15.5. The summed E-state index contributed by atoms with van der Waals surface area (Å²) in [6.45, 7) is 3.62. The number of nitro benzene ring substituents is 1. The first-order chi connectivity index (χ1) is 20.5. The van der Waals surface area contributed by atoms with Gasteiger partial charge in [0.25, 0.3) is 11.2 Å². The number of non-ortho nitro benzene ring substituents is 1. The van der Waals surface area contributed by atoms with E-state index in [1.165, 1.54) is 34.8 Å². The van der Waals surface area contributed by atoms with Gasteiger partial charge in [0.05, 0.1) is 27.3 Å². The lowest BCUT2D eigenvalue weighted by Crippen LogP contribution is -2.39. The molecular formula is C31H28N4O5S2. The number of ether oxygens (including phenoxy) is 1. The highest BCUT2D eigenvalue weighted by Gasteiger charge is 2.35. The van der Waals surface area contributed by atoms with Gasteiger partial charge in [-0.3, -0.25) is 19.5 Å². The Morgan fingerprint density at radius 2 is 1.90 bits per heavy atom. The van der Waals surface area contributed by atoms with Crippen LogP contribution >= 0.6 is 22.7 Å². The fourth-order valence-electron chi connectivity index (χ4n) is 5.49. The summed E-state index contributed by atoms with van der Waals surface area (Å²) in [5.74, 6) is -0.529. The van der Waals surface area contributed by atoms with E-state index in [0.29, 0.717) is 26.2 Å². The van der Waals surface area contributed by atoms with Gasteiger partial charge < -0.3 is 9.64 Å². The molecule has 4 heterocycles. The van der Waals surface area contributed by atoms with Crippen molar-refractivity contribution in [2.75, 3.05) is 24.6 Å². The molecule has 0 spiro atoms. The molecule has 1 saturated heterocycles. The Morgan fingerprint density at radius 1 is 1.12 bits per heavy atom. The molecule has 214 valence electrons. The summed E-state index contributed by atoms with van der Waals surface area (Å²) < 4.78 is 7.43. The predicted octanol–water partition coefficient (Wildman–Crippen LogP) is 4.90. The van der Waals surface area contributed by atoms with Crippen molar-refractivity contribution < 1.29 is 14.5 Å². The van der Waals surface area contributed by atoms with Crippen molar-refractivity contribution in [3.8, 4) is 0 Å². The summed E-state index contributed by atoms with van der Waals surface area (Å²) in [7, 11) is 0. The number of hydrogen-bond donors (Lipinski definition) is 0. The molecule has 0 bridgehead atoms. The molecule has 4 aromatic rings. The van der Waals surface area contributed by atoms with Crippen molar-refractivity contribution in [2.24, 2.45) is 4.99 Å². The topological polar surface area (TPSA) is 107 Å². The van der Waals surface area contributed by atoms with Crippen LogP contribution < -0.4 is 19.8 Å². The summed E-state index contributed by atoms with van der Waals surface area (Å²) in [5.41, 5.74) is 2.61. The number of fused-ring (bicyclic) bond motifs is 1. The number of carbonyl (C=O) groups excluding carboxylic acids is 1. The second-order valence-corrected chi connectivity index (χ2v) is 12.0. The third-order valence-electron chi connectivity index (χ3n) is 7.39. The maximum Gasteiger partial charge on any atom is 0.338 e. The van der Waals surface area contributed by atoms with Gasteiger partial charge in [-0.05, 0) is 49.8 Å². The van der Waals surface area contributed by atoms with Crippen LogP contribution in [0.4, 0.5) is 11.4 Å². The van der Waals surface area contributed by atoms with Gasteiger partial charge in [-0.1, -0.05) is 47.7 Å². The van der Waals surface area contributed by atoms with Crippen molar-refractivity contribution in [1.82, 2.24) is 4.57 Å². The number of aromatic nitrogens is 1. The van der Waals surface area contributed by atoms with Gasteiger partial charge in [0.15, 0.2) is 4.80 Å². The summed E-state index contributed by atoms with van der Waals surface area (Å²) >= 11 is 2.66. The summed E-state index contributed by atoms with van der Waals surface area (Å²) in [6.07, 6.45) is 4.95. The minimum absolute atomic E-state index is 0.0396. The molecule has 6 rings (SSSR count). The Kier molecular flexibility index (Phi) is 7.86. The number of thiophene rings is 1. The zero-order valence-corrected chi connectivity index (χ0v) is 24.5. The van der Waals surface area contributed by atoms with Crippen LogP contribution in [0.25, 0.3) is 11.8 Å². The van der Waals surface area contributed by atoms with Crippen molar-refractivity contribution >= 4 is 51.8 Å². The molecule has 1 atom stereocenters. The fraction of sp³-hybridized carbons (Fsp3) is 0.258. The lowest BCUT2D eigenvalue weighted by molar-refractivity contribution is -0.384. The van der Waals surface area contributed by atoms with Crippen LogP contribution in [0, 0.1) is 10.1 Å². The number of esters is 1. The van der Waals surface area contributed by atoms with Gasteiger partial charge >= 0.3 is 5.97 Å². The van der Waals surface area contributed by atoms with Gasteiger partial charge in [-0.2, -0.15) is 0 Å². The number of anilines is 1. The molecule has 1 fully saturated rings. The highest BCUT2D eigenvalue weighted by Crippen LogP contribution is 2.37. The Bertz CT molecular complexity index is 1850. The molecule has 1 unspecified atom stereocenters. The van der Waals surface area contributed by atoms with Gasteiger partial charge in [-0.15, -0.1) is 11.3 Å². The van der Waals surface area contributed by atoms with E-state index in [-0.39, 0.29) is 17.9 Å². The Balaban J connectivity index is 1.60. The molecule has 2 aliphatic heterocycles. The Labute approximate surface area is 249 Å². The largest absolute Gasteiger partial charge is 0.463 e. The minimum atomic E-state index is -0.732. The van der Waals surface area contributed by atoms with Crippen LogP contribution in [0.2, 0.25) is 0 Å². The van der Waals surface area contributed by atoms with Crippen molar-refractivity contribution in [1.29, 1.82) is 0 Å². The van der Waals surface area contributed by atoms with E-state index in [2.05, 4.69) is 4.90 Å². The molecule has 2 aromatic carbocycles. The number of carbonyl (C=O) groups is 1. The smallest absolute Gasteiger partial charge is 0.338 e. The molecule has 0 aliphatic carbocycles. The quantitative estimate of drug-likeness (QED) is 0.170. The number of nitrogens with zero attached hydrogens (tertiary/aromatic N) is 4.